The van der Waals surface area contributed by atoms with Crippen molar-refractivity contribution in [3.63, 3.8) is 0 Å². The van der Waals surface area contributed by atoms with Crippen LogP contribution in [0.15, 0.2) is 23.4 Å². The van der Waals surface area contributed by atoms with Crippen LogP contribution in [0.25, 0.3) is 0 Å². The molecule has 2 rings (SSSR count). The summed E-state index contributed by atoms with van der Waals surface area (Å²) in [6.45, 7) is 2.61. The molecule has 19 heavy (non-hydrogen) atoms. The minimum absolute atomic E-state index is 0.601. The number of nitrogens with two attached hydrogens (primary N) is 1. The Bertz CT molecular complexity index is 538. The second-order valence-electron chi connectivity index (χ2n) is 4.37. The third-order valence-electron chi connectivity index (χ3n) is 2.83. The Morgan fingerprint density at radius 1 is 1.26 bits per heavy atom. The van der Waals surface area contributed by atoms with Crippen LogP contribution >= 0.6 is 11.8 Å². The first-order valence-electron chi connectivity index (χ1n) is 6.34. The topological polar surface area (TPSA) is 69.6 Å². The molecule has 2 N–H and O–H groups in total. The summed E-state index contributed by atoms with van der Waals surface area (Å²) in [4.78, 5) is 4.49. The SMILES string of the molecule is Cc1cccc(CCSc2nnc(CCN)n2C)n1. The summed E-state index contributed by atoms with van der Waals surface area (Å²) in [5.41, 5.74) is 7.72. The van der Waals surface area contributed by atoms with Crippen LogP contribution < -0.4 is 5.73 Å². The second kappa shape index (κ2) is 6.68. The van der Waals surface area contributed by atoms with Gasteiger partial charge in [0.2, 0.25) is 0 Å². The highest BCUT2D eigenvalue weighted by Crippen LogP contribution is 2.17. The molecule has 5 nitrogen and oxygen atoms in total. The normalized spacial score (nSPS) is 10.9. The van der Waals surface area contributed by atoms with Crippen LogP contribution in [-0.2, 0) is 19.9 Å². The maximum Gasteiger partial charge on any atom is 0.190 e. The fourth-order valence-electron chi connectivity index (χ4n) is 1.80. The smallest absolute Gasteiger partial charge is 0.190 e. The molecule has 0 radical (unpaired) electrons. The Hall–Kier alpha value is -1.40. The molecule has 2 heterocycles. The fraction of sp³-hybridized carbons (Fsp3) is 0.462. The number of pyridine rings is 1. The Morgan fingerprint density at radius 3 is 2.84 bits per heavy atom. The van der Waals surface area contributed by atoms with E-state index in [-0.39, 0.29) is 0 Å². The average molecular weight is 277 g/mol. The number of rotatable bonds is 6. The van der Waals surface area contributed by atoms with Gasteiger partial charge in [-0.15, -0.1) is 10.2 Å². The van der Waals surface area contributed by atoms with Crippen LogP contribution in [-0.4, -0.2) is 32.0 Å². The van der Waals surface area contributed by atoms with E-state index in [9.17, 15) is 0 Å². The van der Waals surface area contributed by atoms with E-state index in [2.05, 4.69) is 21.2 Å². The summed E-state index contributed by atoms with van der Waals surface area (Å²) < 4.78 is 2.02. The standard InChI is InChI=1S/C13H19N5S/c1-10-4-3-5-11(15-10)7-9-19-13-17-16-12(6-8-14)18(13)2/h3-5H,6-9,14H2,1-2H3. The first-order chi connectivity index (χ1) is 9.20. The lowest BCUT2D eigenvalue weighted by atomic mass is 10.3. The maximum atomic E-state index is 5.53. The molecule has 0 aliphatic rings. The van der Waals surface area contributed by atoms with Gasteiger partial charge in [-0.05, 0) is 32.0 Å². The summed E-state index contributed by atoms with van der Waals surface area (Å²) >= 11 is 1.70. The van der Waals surface area contributed by atoms with Crippen molar-refractivity contribution in [2.75, 3.05) is 12.3 Å². The van der Waals surface area contributed by atoms with E-state index in [0.717, 1.165) is 41.0 Å². The van der Waals surface area contributed by atoms with Crippen molar-refractivity contribution < 1.29 is 0 Å². The molecule has 0 unspecified atom stereocenters. The van der Waals surface area contributed by atoms with E-state index in [1.54, 1.807) is 11.8 Å². The van der Waals surface area contributed by atoms with Gasteiger partial charge in [0.25, 0.3) is 0 Å². The van der Waals surface area contributed by atoms with Crippen LogP contribution in [0, 0.1) is 6.92 Å². The van der Waals surface area contributed by atoms with Gasteiger partial charge in [-0.3, -0.25) is 4.98 Å². The predicted octanol–water partition coefficient (Wildman–Crippen LogP) is 1.35. The molecular formula is C13H19N5S. The van der Waals surface area contributed by atoms with Gasteiger partial charge < -0.3 is 10.3 Å². The first-order valence-corrected chi connectivity index (χ1v) is 7.33. The molecular weight excluding hydrogens is 258 g/mol. The molecule has 102 valence electrons. The lowest BCUT2D eigenvalue weighted by molar-refractivity contribution is 0.726. The van der Waals surface area contributed by atoms with Crippen molar-refractivity contribution in [1.82, 2.24) is 19.7 Å². The highest BCUT2D eigenvalue weighted by molar-refractivity contribution is 7.99. The third kappa shape index (κ3) is 3.78. The van der Waals surface area contributed by atoms with Crippen molar-refractivity contribution in [1.29, 1.82) is 0 Å². The Balaban J connectivity index is 1.89. The van der Waals surface area contributed by atoms with Crippen LogP contribution in [0.5, 0.6) is 0 Å². The van der Waals surface area contributed by atoms with E-state index in [1.165, 1.54) is 0 Å². The molecule has 0 aliphatic carbocycles. The lowest BCUT2D eigenvalue weighted by Crippen LogP contribution is -2.08. The monoisotopic (exact) mass is 277 g/mol. The summed E-state index contributed by atoms with van der Waals surface area (Å²) in [6, 6.07) is 6.12. The zero-order chi connectivity index (χ0) is 13.7. The van der Waals surface area contributed by atoms with Gasteiger partial charge in [-0.1, -0.05) is 17.8 Å². The van der Waals surface area contributed by atoms with Crippen molar-refractivity contribution >= 4 is 11.8 Å². The maximum absolute atomic E-state index is 5.53. The number of aryl methyl sites for hydroxylation is 2. The highest BCUT2D eigenvalue weighted by atomic mass is 32.2. The molecule has 2 aromatic rings. The quantitative estimate of drug-likeness (QED) is 0.807. The van der Waals surface area contributed by atoms with Crippen molar-refractivity contribution in [2.24, 2.45) is 12.8 Å². The summed E-state index contributed by atoms with van der Waals surface area (Å²) in [6.07, 6.45) is 1.70. The number of nitrogens with zero attached hydrogens (tertiary/aromatic N) is 4. The van der Waals surface area contributed by atoms with Gasteiger partial charge in [0.15, 0.2) is 5.16 Å². The molecule has 0 amide bonds. The largest absolute Gasteiger partial charge is 0.330 e. The minimum atomic E-state index is 0.601. The molecule has 0 bridgehead atoms. The highest BCUT2D eigenvalue weighted by Gasteiger charge is 2.08. The lowest BCUT2D eigenvalue weighted by Gasteiger charge is -2.03. The van der Waals surface area contributed by atoms with E-state index in [1.807, 2.05) is 30.7 Å². The van der Waals surface area contributed by atoms with Crippen LogP contribution in [0.1, 0.15) is 17.2 Å². The van der Waals surface area contributed by atoms with E-state index in [0.29, 0.717) is 6.54 Å². The van der Waals surface area contributed by atoms with Crippen molar-refractivity contribution in [3.8, 4) is 0 Å². The average Bonchev–Trinajstić information content (AvgIpc) is 2.72. The molecule has 6 heteroatoms. The van der Waals surface area contributed by atoms with Crippen LogP contribution in [0.3, 0.4) is 0 Å². The Morgan fingerprint density at radius 2 is 2.11 bits per heavy atom. The molecule has 0 saturated heterocycles. The van der Waals surface area contributed by atoms with Gasteiger partial charge in [0.05, 0.1) is 0 Å². The molecule has 0 atom stereocenters. The number of hydrogen-bond donors (Lipinski definition) is 1. The molecule has 0 spiro atoms. The van der Waals surface area contributed by atoms with Gasteiger partial charge >= 0.3 is 0 Å². The van der Waals surface area contributed by atoms with Gasteiger partial charge in [-0.25, -0.2) is 0 Å². The third-order valence-corrected chi connectivity index (χ3v) is 3.85. The predicted molar refractivity (Wildman–Crippen MR) is 77.2 cm³/mol. The van der Waals surface area contributed by atoms with Crippen molar-refractivity contribution in [3.05, 3.63) is 35.4 Å². The Kier molecular flexibility index (Phi) is 4.93. The molecule has 0 aromatic carbocycles. The first kappa shape index (κ1) is 14.0. The zero-order valence-corrected chi connectivity index (χ0v) is 12.2. The fourth-order valence-corrected chi connectivity index (χ4v) is 2.69. The second-order valence-corrected chi connectivity index (χ2v) is 5.43. The van der Waals surface area contributed by atoms with E-state index >= 15 is 0 Å². The summed E-state index contributed by atoms with van der Waals surface area (Å²) in [7, 11) is 1.98. The zero-order valence-electron chi connectivity index (χ0n) is 11.3. The summed E-state index contributed by atoms with van der Waals surface area (Å²) in [5.74, 6) is 1.89. The van der Waals surface area contributed by atoms with Gasteiger partial charge in [-0.2, -0.15) is 0 Å². The number of aromatic nitrogens is 4. The number of hydrogen-bond acceptors (Lipinski definition) is 5. The van der Waals surface area contributed by atoms with E-state index < -0.39 is 0 Å². The molecule has 2 aromatic heterocycles. The number of thioether (sulfide) groups is 1. The molecule has 0 fully saturated rings. The summed E-state index contributed by atoms with van der Waals surface area (Å²) in [5, 5.41) is 9.27. The van der Waals surface area contributed by atoms with Gasteiger partial charge in [0.1, 0.15) is 5.82 Å². The van der Waals surface area contributed by atoms with Gasteiger partial charge in [0, 0.05) is 30.6 Å². The van der Waals surface area contributed by atoms with E-state index in [4.69, 9.17) is 5.73 Å². The Labute approximate surface area is 117 Å². The van der Waals surface area contributed by atoms with Crippen LogP contribution in [0.4, 0.5) is 0 Å². The van der Waals surface area contributed by atoms with Crippen molar-refractivity contribution in [2.45, 2.75) is 24.9 Å². The molecule has 0 aliphatic heterocycles. The van der Waals surface area contributed by atoms with Crippen LogP contribution in [0.2, 0.25) is 0 Å². The minimum Gasteiger partial charge on any atom is -0.330 e. The molecule has 0 saturated carbocycles.